The van der Waals surface area contributed by atoms with E-state index in [1.165, 1.54) is 19.3 Å². The summed E-state index contributed by atoms with van der Waals surface area (Å²) in [4.78, 5) is 0. The Kier molecular flexibility index (Phi) is 4.24. The second-order valence-electron chi connectivity index (χ2n) is 7.64. The summed E-state index contributed by atoms with van der Waals surface area (Å²) in [7, 11) is 0. The molecule has 0 fully saturated rings. The average molecular weight is 198 g/mol. The fourth-order valence-corrected chi connectivity index (χ4v) is 2.87. The van der Waals surface area contributed by atoms with Crippen LogP contribution in [-0.2, 0) is 0 Å². The van der Waals surface area contributed by atoms with E-state index in [0.717, 1.165) is 0 Å². The Labute approximate surface area is 91.5 Å². The predicted octanol–water partition coefficient (Wildman–Crippen LogP) is 5.28. The molecular weight excluding hydrogens is 168 g/mol. The lowest BCUT2D eigenvalue weighted by Crippen LogP contribution is -2.28. The van der Waals surface area contributed by atoms with Crippen molar-refractivity contribution in [2.45, 2.75) is 74.7 Å². The Morgan fingerprint density at radius 1 is 0.643 bits per heavy atom. The molecule has 0 rings (SSSR count). The fourth-order valence-electron chi connectivity index (χ4n) is 2.87. The molecule has 0 saturated heterocycles. The maximum absolute atomic E-state index is 2.45. The zero-order valence-corrected chi connectivity index (χ0v) is 11.6. The van der Waals surface area contributed by atoms with Crippen LogP contribution in [0.3, 0.4) is 0 Å². The molecule has 0 aromatic rings. The van der Waals surface area contributed by atoms with E-state index in [1.54, 1.807) is 0 Å². The molecule has 0 aromatic carbocycles. The quantitative estimate of drug-likeness (QED) is 0.579. The molecule has 0 saturated carbocycles. The third-order valence-corrected chi connectivity index (χ3v) is 2.77. The molecule has 0 heteroatoms. The molecule has 0 aliphatic heterocycles. The summed E-state index contributed by atoms with van der Waals surface area (Å²) in [6.45, 7) is 18.9. The van der Waals surface area contributed by atoms with Crippen molar-refractivity contribution in [3.05, 3.63) is 0 Å². The molecule has 0 N–H and O–H groups in total. The second kappa shape index (κ2) is 4.24. The molecule has 0 radical (unpaired) electrons. The van der Waals surface area contributed by atoms with E-state index in [2.05, 4.69) is 55.4 Å². The van der Waals surface area contributed by atoms with Gasteiger partial charge in [0.05, 0.1) is 0 Å². The highest BCUT2D eigenvalue weighted by molar-refractivity contribution is 4.83. The van der Waals surface area contributed by atoms with E-state index in [0.29, 0.717) is 16.2 Å². The molecule has 0 amide bonds. The SMILES string of the molecule is CCC(C)(CC(C)(C)C)CC(C)(C)C. The monoisotopic (exact) mass is 198 g/mol. The van der Waals surface area contributed by atoms with Crippen LogP contribution in [0.4, 0.5) is 0 Å². The highest BCUT2D eigenvalue weighted by atomic mass is 14.4. The standard InChI is InChI=1S/C14H30/c1-9-14(8,10-12(2,3)4)11-13(5,6)7/h9-11H2,1-8H3. The molecule has 0 bridgehead atoms. The maximum atomic E-state index is 2.45. The zero-order chi connectivity index (χ0) is 11.6. The van der Waals surface area contributed by atoms with E-state index in [4.69, 9.17) is 0 Å². The lowest BCUT2D eigenvalue weighted by Gasteiger charge is -2.39. The first-order valence-electron chi connectivity index (χ1n) is 5.97. The first-order valence-corrected chi connectivity index (χ1v) is 5.97. The Morgan fingerprint density at radius 2 is 0.929 bits per heavy atom. The van der Waals surface area contributed by atoms with Crippen molar-refractivity contribution in [1.29, 1.82) is 0 Å². The molecule has 0 unspecified atom stereocenters. The summed E-state index contributed by atoms with van der Waals surface area (Å²) in [5, 5.41) is 0. The van der Waals surface area contributed by atoms with Crippen molar-refractivity contribution in [3.8, 4) is 0 Å². The van der Waals surface area contributed by atoms with Crippen LogP contribution in [0.2, 0.25) is 0 Å². The number of hydrogen-bond donors (Lipinski definition) is 0. The van der Waals surface area contributed by atoms with Gasteiger partial charge in [0.2, 0.25) is 0 Å². The van der Waals surface area contributed by atoms with Crippen molar-refractivity contribution >= 4 is 0 Å². The van der Waals surface area contributed by atoms with Crippen LogP contribution in [0.25, 0.3) is 0 Å². The largest absolute Gasteiger partial charge is 0.0649 e. The minimum atomic E-state index is 0.454. The summed E-state index contributed by atoms with van der Waals surface area (Å²) >= 11 is 0. The van der Waals surface area contributed by atoms with Crippen molar-refractivity contribution in [3.63, 3.8) is 0 Å². The molecule has 86 valence electrons. The van der Waals surface area contributed by atoms with Gasteiger partial charge in [-0.15, -0.1) is 0 Å². The Hall–Kier alpha value is 0. The van der Waals surface area contributed by atoms with Gasteiger partial charge in [-0.25, -0.2) is 0 Å². The first kappa shape index (κ1) is 14.0. The van der Waals surface area contributed by atoms with Crippen LogP contribution in [0, 0.1) is 16.2 Å². The van der Waals surface area contributed by atoms with Gasteiger partial charge in [-0.3, -0.25) is 0 Å². The Bertz CT molecular complexity index is 147. The van der Waals surface area contributed by atoms with Gasteiger partial charge in [-0.2, -0.15) is 0 Å². The molecule has 14 heavy (non-hydrogen) atoms. The highest BCUT2D eigenvalue weighted by Crippen LogP contribution is 2.43. The van der Waals surface area contributed by atoms with Crippen molar-refractivity contribution in [2.75, 3.05) is 0 Å². The third kappa shape index (κ3) is 6.45. The van der Waals surface area contributed by atoms with E-state index in [-0.39, 0.29) is 0 Å². The molecule has 0 atom stereocenters. The van der Waals surface area contributed by atoms with Crippen molar-refractivity contribution in [1.82, 2.24) is 0 Å². The minimum Gasteiger partial charge on any atom is -0.0649 e. The molecule has 0 aliphatic carbocycles. The van der Waals surface area contributed by atoms with E-state index >= 15 is 0 Å². The summed E-state index contributed by atoms with van der Waals surface area (Å²) in [5.74, 6) is 0. The van der Waals surface area contributed by atoms with E-state index < -0.39 is 0 Å². The van der Waals surface area contributed by atoms with Crippen molar-refractivity contribution < 1.29 is 0 Å². The lowest BCUT2D eigenvalue weighted by molar-refractivity contribution is 0.119. The lowest BCUT2D eigenvalue weighted by atomic mass is 9.66. The fraction of sp³-hybridized carbons (Fsp3) is 1.00. The molecular formula is C14H30. The van der Waals surface area contributed by atoms with Crippen LogP contribution in [0.15, 0.2) is 0 Å². The predicted molar refractivity (Wildman–Crippen MR) is 66.5 cm³/mol. The maximum Gasteiger partial charge on any atom is -0.0319 e. The third-order valence-electron chi connectivity index (χ3n) is 2.77. The summed E-state index contributed by atoms with van der Waals surface area (Å²) < 4.78 is 0. The Balaban J connectivity index is 4.49. The van der Waals surface area contributed by atoms with Gasteiger partial charge in [0.15, 0.2) is 0 Å². The number of hydrogen-bond acceptors (Lipinski definition) is 0. The van der Waals surface area contributed by atoms with Crippen LogP contribution in [0.5, 0.6) is 0 Å². The average Bonchev–Trinajstić information content (AvgIpc) is 1.78. The van der Waals surface area contributed by atoms with Crippen LogP contribution in [-0.4, -0.2) is 0 Å². The summed E-state index contributed by atoms with van der Waals surface area (Å²) in [5.41, 5.74) is 1.42. The van der Waals surface area contributed by atoms with Gasteiger partial charge in [0, 0.05) is 0 Å². The minimum absolute atomic E-state index is 0.454. The first-order chi connectivity index (χ1) is 5.97. The molecule has 0 aliphatic rings. The zero-order valence-electron chi connectivity index (χ0n) is 11.6. The molecule has 0 aromatic heterocycles. The second-order valence-corrected chi connectivity index (χ2v) is 7.64. The van der Waals surface area contributed by atoms with Gasteiger partial charge in [0.1, 0.15) is 0 Å². The molecule has 0 nitrogen and oxygen atoms in total. The Morgan fingerprint density at radius 3 is 1.07 bits per heavy atom. The van der Waals surface area contributed by atoms with Crippen molar-refractivity contribution in [2.24, 2.45) is 16.2 Å². The van der Waals surface area contributed by atoms with Gasteiger partial charge in [-0.1, -0.05) is 61.8 Å². The van der Waals surface area contributed by atoms with Gasteiger partial charge in [-0.05, 0) is 29.1 Å². The van der Waals surface area contributed by atoms with E-state index in [9.17, 15) is 0 Å². The number of rotatable bonds is 3. The molecule has 0 heterocycles. The summed E-state index contributed by atoms with van der Waals surface area (Å²) in [6, 6.07) is 0. The topological polar surface area (TPSA) is 0 Å². The van der Waals surface area contributed by atoms with Crippen LogP contribution >= 0.6 is 0 Å². The summed E-state index contributed by atoms with van der Waals surface area (Å²) in [6.07, 6.45) is 3.95. The van der Waals surface area contributed by atoms with Gasteiger partial charge >= 0.3 is 0 Å². The van der Waals surface area contributed by atoms with Gasteiger partial charge in [0.25, 0.3) is 0 Å². The van der Waals surface area contributed by atoms with E-state index in [1.807, 2.05) is 0 Å². The van der Waals surface area contributed by atoms with Crippen LogP contribution < -0.4 is 0 Å². The smallest absolute Gasteiger partial charge is 0.0319 e. The normalized spacial score (nSPS) is 14.6. The highest BCUT2D eigenvalue weighted by Gasteiger charge is 2.32. The molecule has 0 spiro atoms. The van der Waals surface area contributed by atoms with Crippen LogP contribution in [0.1, 0.15) is 74.7 Å². The van der Waals surface area contributed by atoms with Gasteiger partial charge < -0.3 is 0 Å².